The van der Waals surface area contributed by atoms with Gasteiger partial charge < -0.3 is 5.32 Å². The molecule has 0 aromatic carbocycles. The van der Waals surface area contributed by atoms with Gasteiger partial charge in [0.1, 0.15) is 0 Å². The Hall–Kier alpha value is -0.380. The molecule has 2 fully saturated rings. The van der Waals surface area contributed by atoms with E-state index >= 15 is 0 Å². The van der Waals surface area contributed by atoms with Crippen molar-refractivity contribution in [2.45, 2.75) is 64.6 Å². The summed E-state index contributed by atoms with van der Waals surface area (Å²) in [5.41, 5.74) is 1.57. The number of hydrogen-bond acceptors (Lipinski definition) is 3. The number of nitrogens with zero attached hydrogens (tertiary/aromatic N) is 1. The maximum Gasteiger partial charge on any atom is 0.0296 e. The number of hydrogen-bond donors (Lipinski definition) is 1. The van der Waals surface area contributed by atoms with E-state index < -0.39 is 0 Å². The molecule has 0 radical (unpaired) electrons. The van der Waals surface area contributed by atoms with Crippen LogP contribution in [0.15, 0.2) is 6.07 Å². The van der Waals surface area contributed by atoms with Crippen LogP contribution in [0.4, 0.5) is 0 Å². The smallest absolute Gasteiger partial charge is 0.0296 e. The van der Waals surface area contributed by atoms with Gasteiger partial charge in [-0.15, -0.1) is 11.3 Å². The second-order valence-electron chi connectivity index (χ2n) is 6.55. The van der Waals surface area contributed by atoms with Crippen LogP contribution in [0.2, 0.25) is 0 Å². The monoisotopic (exact) mass is 292 g/mol. The summed E-state index contributed by atoms with van der Waals surface area (Å²) in [5, 5.41) is 3.27. The van der Waals surface area contributed by atoms with E-state index in [9.17, 15) is 0 Å². The minimum atomic E-state index is 0.879. The molecule has 1 aliphatic heterocycles. The summed E-state index contributed by atoms with van der Waals surface area (Å²) in [5.74, 6) is 0.994. The summed E-state index contributed by atoms with van der Waals surface area (Å²) in [7, 11) is 2.03. The first kappa shape index (κ1) is 14.6. The quantitative estimate of drug-likeness (QED) is 0.884. The number of thiophene rings is 1. The largest absolute Gasteiger partial charge is 0.315 e. The average Bonchev–Trinajstić information content (AvgIpc) is 3.13. The molecular weight excluding hydrogens is 264 g/mol. The fraction of sp³-hybridized carbons (Fsp3) is 0.765. The molecule has 0 bridgehead atoms. The maximum absolute atomic E-state index is 3.27. The third-order valence-electron chi connectivity index (χ3n) is 5.15. The van der Waals surface area contributed by atoms with E-state index in [2.05, 4.69) is 23.2 Å². The Morgan fingerprint density at radius 3 is 2.80 bits per heavy atom. The van der Waals surface area contributed by atoms with Crippen LogP contribution in [0.3, 0.4) is 0 Å². The molecular formula is C17H28N2S. The van der Waals surface area contributed by atoms with Crippen molar-refractivity contribution in [1.82, 2.24) is 10.2 Å². The first-order valence-corrected chi connectivity index (χ1v) is 9.06. The van der Waals surface area contributed by atoms with Crippen LogP contribution in [0.5, 0.6) is 0 Å². The van der Waals surface area contributed by atoms with Gasteiger partial charge in [-0.3, -0.25) is 4.90 Å². The number of likely N-dealkylation sites (tertiary alicyclic amines) is 1. The fourth-order valence-electron chi connectivity index (χ4n) is 4.15. The van der Waals surface area contributed by atoms with Gasteiger partial charge >= 0.3 is 0 Å². The van der Waals surface area contributed by atoms with E-state index in [1.54, 1.807) is 5.56 Å². The Morgan fingerprint density at radius 1 is 1.25 bits per heavy atom. The van der Waals surface area contributed by atoms with Gasteiger partial charge in [0.2, 0.25) is 0 Å². The molecule has 1 aliphatic carbocycles. The Bertz CT molecular complexity index is 434. The number of nitrogens with one attached hydrogen (secondary N) is 1. The molecule has 2 heterocycles. The van der Waals surface area contributed by atoms with Crippen LogP contribution >= 0.6 is 11.3 Å². The van der Waals surface area contributed by atoms with E-state index in [1.807, 2.05) is 18.4 Å². The van der Waals surface area contributed by atoms with Crippen molar-refractivity contribution in [1.29, 1.82) is 0 Å². The highest BCUT2D eigenvalue weighted by atomic mass is 32.1. The zero-order valence-electron chi connectivity index (χ0n) is 13.0. The zero-order valence-corrected chi connectivity index (χ0v) is 13.8. The van der Waals surface area contributed by atoms with Gasteiger partial charge in [0, 0.05) is 28.9 Å². The maximum atomic E-state index is 3.27. The van der Waals surface area contributed by atoms with Gasteiger partial charge in [-0.25, -0.2) is 0 Å². The van der Waals surface area contributed by atoms with E-state index in [1.165, 1.54) is 61.4 Å². The summed E-state index contributed by atoms with van der Waals surface area (Å²) >= 11 is 1.97. The summed E-state index contributed by atoms with van der Waals surface area (Å²) in [6.45, 7) is 5.81. The predicted octanol–water partition coefficient (Wildman–Crippen LogP) is 3.93. The Labute approximate surface area is 127 Å². The molecule has 1 saturated heterocycles. The van der Waals surface area contributed by atoms with E-state index in [-0.39, 0.29) is 0 Å². The molecule has 112 valence electrons. The Kier molecular flexibility index (Phi) is 4.79. The second kappa shape index (κ2) is 6.59. The Balaban J connectivity index is 1.66. The summed E-state index contributed by atoms with van der Waals surface area (Å²) in [6, 6.07) is 3.31. The molecule has 2 aliphatic rings. The van der Waals surface area contributed by atoms with Crippen molar-refractivity contribution < 1.29 is 0 Å². The molecule has 0 spiro atoms. The van der Waals surface area contributed by atoms with Crippen LogP contribution in [0.1, 0.15) is 53.8 Å². The normalized spacial score (nSPS) is 24.8. The van der Waals surface area contributed by atoms with Crippen LogP contribution in [0, 0.1) is 12.8 Å². The Morgan fingerprint density at radius 2 is 2.05 bits per heavy atom. The highest BCUT2D eigenvalue weighted by Crippen LogP contribution is 2.36. The first-order valence-electron chi connectivity index (χ1n) is 8.24. The van der Waals surface area contributed by atoms with Gasteiger partial charge in [0.25, 0.3) is 0 Å². The molecule has 1 saturated carbocycles. The van der Waals surface area contributed by atoms with Gasteiger partial charge in [0.15, 0.2) is 0 Å². The number of aryl methyl sites for hydroxylation is 1. The van der Waals surface area contributed by atoms with Crippen LogP contribution in [-0.2, 0) is 13.1 Å². The van der Waals surface area contributed by atoms with E-state index in [0.29, 0.717) is 0 Å². The standard InChI is InChI=1S/C17H28N2S/c1-13-15(10-16(20-13)11-18-2)12-19-9-5-8-17(19)14-6-3-4-7-14/h10,14,17-18H,3-9,11-12H2,1-2H3. The molecule has 0 amide bonds. The molecule has 1 unspecified atom stereocenters. The van der Waals surface area contributed by atoms with Gasteiger partial charge in [-0.05, 0) is 63.7 Å². The highest BCUT2D eigenvalue weighted by Gasteiger charge is 2.33. The molecule has 20 heavy (non-hydrogen) atoms. The molecule has 3 heteroatoms. The molecule has 1 aromatic rings. The van der Waals surface area contributed by atoms with Crippen molar-refractivity contribution >= 4 is 11.3 Å². The molecule has 2 nitrogen and oxygen atoms in total. The minimum absolute atomic E-state index is 0.879. The summed E-state index contributed by atoms with van der Waals surface area (Å²) < 4.78 is 0. The lowest BCUT2D eigenvalue weighted by Crippen LogP contribution is -2.34. The third-order valence-corrected chi connectivity index (χ3v) is 6.25. The second-order valence-corrected chi connectivity index (χ2v) is 7.89. The van der Waals surface area contributed by atoms with Crippen molar-refractivity contribution in [3.8, 4) is 0 Å². The molecule has 1 aromatic heterocycles. The fourth-order valence-corrected chi connectivity index (χ4v) is 5.21. The lowest BCUT2D eigenvalue weighted by atomic mass is 9.96. The first-order chi connectivity index (χ1) is 9.78. The minimum Gasteiger partial charge on any atom is -0.315 e. The lowest BCUT2D eigenvalue weighted by molar-refractivity contribution is 0.183. The predicted molar refractivity (Wildman–Crippen MR) is 87.2 cm³/mol. The molecule has 1 atom stereocenters. The summed E-state index contributed by atoms with van der Waals surface area (Å²) in [4.78, 5) is 5.79. The zero-order chi connectivity index (χ0) is 13.9. The average molecular weight is 292 g/mol. The molecule has 3 rings (SSSR count). The van der Waals surface area contributed by atoms with Crippen LogP contribution in [0.25, 0.3) is 0 Å². The topological polar surface area (TPSA) is 15.3 Å². The highest BCUT2D eigenvalue weighted by molar-refractivity contribution is 7.12. The lowest BCUT2D eigenvalue weighted by Gasteiger charge is -2.29. The van der Waals surface area contributed by atoms with Crippen molar-refractivity contribution in [2.75, 3.05) is 13.6 Å². The van der Waals surface area contributed by atoms with E-state index in [4.69, 9.17) is 0 Å². The van der Waals surface area contributed by atoms with E-state index in [0.717, 1.165) is 18.5 Å². The van der Waals surface area contributed by atoms with Gasteiger partial charge in [-0.2, -0.15) is 0 Å². The number of rotatable bonds is 5. The molecule has 1 N–H and O–H groups in total. The van der Waals surface area contributed by atoms with Crippen LogP contribution in [-0.4, -0.2) is 24.5 Å². The van der Waals surface area contributed by atoms with Gasteiger partial charge in [0.05, 0.1) is 0 Å². The third kappa shape index (κ3) is 3.10. The van der Waals surface area contributed by atoms with Gasteiger partial charge in [-0.1, -0.05) is 12.8 Å². The SMILES string of the molecule is CNCc1cc(CN2CCCC2C2CCCC2)c(C)s1. The van der Waals surface area contributed by atoms with Crippen LogP contribution < -0.4 is 5.32 Å². The van der Waals surface area contributed by atoms with Crippen molar-refractivity contribution in [2.24, 2.45) is 5.92 Å². The van der Waals surface area contributed by atoms with Crippen molar-refractivity contribution in [3.63, 3.8) is 0 Å². The van der Waals surface area contributed by atoms with Crippen molar-refractivity contribution in [3.05, 3.63) is 21.4 Å². The summed E-state index contributed by atoms with van der Waals surface area (Å²) in [6.07, 6.45) is 8.76.